The number of carbonyl (C=O) groups excluding carboxylic acids is 2. The molecule has 31 heavy (non-hydrogen) atoms. The van der Waals surface area contributed by atoms with E-state index in [-0.39, 0.29) is 23.6 Å². The predicted octanol–water partition coefficient (Wildman–Crippen LogP) is 5.73. The van der Waals surface area contributed by atoms with Crippen LogP contribution in [0.5, 0.6) is 0 Å². The quantitative estimate of drug-likeness (QED) is 0.447. The molecule has 0 saturated carbocycles. The number of aryl methyl sites for hydroxylation is 1. The van der Waals surface area contributed by atoms with Crippen LogP contribution in [0, 0.1) is 12.8 Å². The molecule has 0 radical (unpaired) electrons. The summed E-state index contributed by atoms with van der Waals surface area (Å²) in [5.74, 6) is -0.209. The average molecular weight is 433 g/mol. The topological polar surface area (TPSA) is 58.2 Å². The van der Waals surface area contributed by atoms with Crippen molar-refractivity contribution >= 4 is 29.2 Å². The third-order valence-corrected chi connectivity index (χ3v) is 5.67. The Balaban J connectivity index is 1.84. The molecule has 0 unspecified atom stereocenters. The standard InChI is InChI=1S/C26H28N2O2S/c1-18(2)16-23(20-8-5-4-6-9-20)27-26(30)24(17-22-10-7-15-31-22)28-25(29)21-13-11-19(3)12-14-21/h4-15,17-18,23H,16H2,1-3H3,(H,27,30)(H,28,29)/b24-17-/t23-/m1/s1. The molecule has 1 heterocycles. The van der Waals surface area contributed by atoms with Crippen LogP contribution < -0.4 is 10.6 Å². The smallest absolute Gasteiger partial charge is 0.268 e. The summed E-state index contributed by atoms with van der Waals surface area (Å²) in [6, 6.07) is 20.9. The van der Waals surface area contributed by atoms with Crippen LogP contribution >= 0.6 is 11.3 Å². The largest absolute Gasteiger partial charge is 0.344 e. The van der Waals surface area contributed by atoms with Crippen LogP contribution in [0.25, 0.3) is 6.08 Å². The monoisotopic (exact) mass is 432 g/mol. The number of hydrogen-bond acceptors (Lipinski definition) is 3. The third-order valence-electron chi connectivity index (χ3n) is 4.85. The second-order valence-corrected chi connectivity index (χ2v) is 8.94. The van der Waals surface area contributed by atoms with Crippen molar-refractivity contribution in [2.75, 3.05) is 0 Å². The maximum Gasteiger partial charge on any atom is 0.268 e. The lowest BCUT2D eigenvalue weighted by molar-refractivity contribution is -0.118. The minimum absolute atomic E-state index is 0.142. The highest BCUT2D eigenvalue weighted by molar-refractivity contribution is 7.10. The van der Waals surface area contributed by atoms with E-state index >= 15 is 0 Å². The van der Waals surface area contributed by atoms with Gasteiger partial charge >= 0.3 is 0 Å². The lowest BCUT2D eigenvalue weighted by Crippen LogP contribution is -2.37. The first kappa shape index (κ1) is 22.5. The van der Waals surface area contributed by atoms with E-state index in [0.29, 0.717) is 11.5 Å². The zero-order chi connectivity index (χ0) is 22.2. The Hall–Kier alpha value is -3.18. The second kappa shape index (κ2) is 10.7. The zero-order valence-corrected chi connectivity index (χ0v) is 18.9. The second-order valence-electron chi connectivity index (χ2n) is 7.96. The third kappa shape index (κ3) is 6.66. The van der Waals surface area contributed by atoms with Crippen LogP contribution in [-0.4, -0.2) is 11.8 Å². The van der Waals surface area contributed by atoms with E-state index in [2.05, 4.69) is 24.5 Å². The van der Waals surface area contributed by atoms with E-state index in [0.717, 1.165) is 22.4 Å². The van der Waals surface area contributed by atoms with Gasteiger partial charge in [0, 0.05) is 10.4 Å². The van der Waals surface area contributed by atoms with Gasteiger partial charge in [0.2, 0.25) is 0 Å². The van der Waals surface area contributed by atoms with E-state index < -0.39 is 0 Å². The van der Waals surface area contributed by atoms with Gasteiger partial charge in [-0.05, 0) is 54.5 Å². The molecule has 2 amide bonds. The fraction of sp³-hybridized carbons (Fsp3) is 0.231. The minimum Gasteiger partial charge on any atom is -0.344 e. The van der Waals surface area contributed by atoms with Gasteiger partial charge in [-0.15, -0.1) is 11.3 Å². The van der Waals surface area contributed by atoms with Crippen LogP contribution in [0.15, 0.2) is 77.8 Å². The molecule has 0 saturated heterocycles. The van der Waals surface area contributed by atoms with Crippen LogP contribution in [-0.2, 0) is 4.79 Å². The first-order valence-electron chi connectivity index (χ1n) is 10.4. The summed E-state index contributed by atoms with van der Waals surface area (Å²) < 4.78 is 0. The Morgan fingerprint density at radius 2 is 1.68 bits per heavy atom. The SMILES string of the molecule is Cc1ccc(C(=O)N/C(=C\c2cccs2)C(=O)N[C@H](CC(C)C)c2ccccc2)cc1. The molecule has 0 fully saturated rings. The average Bonchev–Trinajstić information content (AvgIpc) is 3.26. The molecular weight excluding hydrogens is 404 g/mol. The molecule has 5 heteroatoms. The van der Waals surface area contributed by atoms with Crippen LogP contribution in [0.3, 0.4) is 0 Å². The molecule has 3 aromatic rings. The molecule has 0 spiro atoms. The number of carbonyl (C=O) groups is 2. The van der Waals surface area contributed by atoms with Gasteiger partial charge in [-0.2, -0.15) is 0 Å². The van der Waals surface area contributed by atoms with Gasteiger partial charge in [0.15, 0.2) is 0 Å². The van der Waals surface area contributed by atoms with Gasteiger partial charge < -0.3 is 10.6 Å². The van der Waals surface area contributed by atoms with E-state index in [9.17, 15) is 9.59 Å². The van der Waals surface area contributed by atoms with Gasteiger partial charge in [-0.3, -0.25) is 9.59 Å². The summed E-state index contributed by atoms with van der Waals surface area (Å²) in [5.41, 5.74) is 2.86. The summed E-state index contributed by atoms with van der Waals surface area (Å²) in [6.07, 6.45) is 2.53. The molecular formula is C26H28N2O2S. The Morgan fingerprint density at radius 1 is 0.968 bits per heavy atom. The Labute approximate surface area is 188 Å². The van der Waals surface area contributed by atoms with Crippen molar-refractivity contribution < 1.29 is 9.59 Å². The highest BCUT2D eigenvalue weighted by atomic mass is 32.1. The Morgan fingerprint density at radius 3 is 2.29 bits per heavy atom. The normalized spacial score (nSPS) is 12.5. The van der Waals surface area contributed by atoms with Crippen LogP contribution in [0.4, 0.5) is 0 Å². The number of rotatable bonds is 8. The molecule has 160 valence electrons. The predicted molar refractivity (Wildman–Crippen MR) is 128 cm³/mol. The van der Waals surface area contributed by atoms with E-state index in [1.807, 2.05) is 66.9 Å². The molecule has 2 aromatic carbocycles. The van der Waals surface area contributed by atoms with E-state index in [1.54, 1.807) is 18.2 Å². The number of hydrogen-bond donors (Lipinski definition) is 2. The molecule has 3 rings (SSSR count). The summed E-state index contributed by atoms with van der Waals surface area (Å²) >= 11 is 1.51. The van der Waals surface area contributed by atoms with Crippen molar-refractivity contribution in [1.82, 2.24) is 10.6 Å². The molecule has 1 atom stereocenters. The molecule has 2 N–H and O–H groups in total. The molecule has 0 aliphatic heterocycles. The molecule has 0 aliphatic rings. The maximum atomic E-state index is 13.3. The number of amides is 2. The fourth-order valence-electron chi connectivity index (χ4n) is 3.24. The Kier molecular flexibility index (Phi) is 7.79. The van der Waals surface area contributed by atoms with Crippen molar-refractivity contribution in [1.29, 1.82) is 0 Å². The maximum absolute atomic E-state index is 13.3. The van der Waals surface area contributed by atoms with E-state index in [1.165, 1.54) is 11.3 Å². The van der Waals surface area contributed by atoms with Crippen LogP contribution in [0.1, 0.15) is 52.7 Å². The minimum atomic E-state index is -0.307. The Bertz CT molecular complexity index is 1020. The molecule has 0 bridgehead atoms. The zero-order valence-electron chi connectivity index (χ0n) is 18.1. The van der Waals surface area contributed by atoms with Gasteiger partial charge in [0.25, 0.3) is 11.8 Å². The van der Waals surface area contributed by atoms with Gasteiger partial charge in [0.1, 0.15) is 5.70 Å². The molecule has 1 aromatic heterocycles. The summed E-state index contributed by atoms with van der Waals surface area (Å²) in [4.78, 5) is 27.0. The first-order valence-corrected chi connectivity index (χ1v) is 11.3. The highest BCUT2D eigenvalue weighted by Crippen LogP contribution is 2.22. The highest BCUT2D eigenvalue weighted by Gasteiger charge is 2.20. The number of benzene rings is 2. The number of nitrogens with one attached hydrogen (secondary N) is 2. The summed E-state index contributed by atoms with van der Waals surface area (Å²) in [5, 5.41) is 7.88. The van der Waals surface area contributed by atoms with Crippen molar-refractivity contribution in [2.45, 2.75) is 33.2 Å². The molecule has 4 nitrogen and oxygen atoms in total. The van der Waals surface area contributed by atoms with Crippen molar-refractivity contribution in [3.8, 4) is 0 Å². The van der Waals surface area contributed by atoms with Crippen molar-refractivity contribution in [2.24, 2.45) is 5.92 Å². The lowest BCUT2D eigenvalue weighted by Gasteiger charge is -2.22. The van der Waals surface area contributed by atoms with Gasteiger partial charge in [-0.1, -0.05) is 67.9 Å². The fourth-order valence-corrected chi connectivity index (χ4v) is 3.90. The van der Waals surface area contributed by atoms with Crippen molar-refractivity contribution in [3.05, 3.63) is 99.4 Å². The van der Waals surface area contributed by atoms with Crippen molar-refractivity contribution in [3.63, 3.8) is 0 Å². The van der Waals surface area contributed by atoms with E-state index in [4.69, 9.17) is 0 Å². The molecule has 0 aliphatic carbocycles. The number of thiophene rings is 1. The van der Waals surface area contributed by atoms with Crippen LogP contribution in [0.2, 0.25) is 0 Å². The first-order chi connectivity index (χ1) is 14.9. The summed E-state index contributed by atoms with van der Waals surface area (Å²) in [6.45, 7) is 6.23. The van der Waals surface area contributed by atoms with Gasteiger partial charge in [-0.25, -0.2) is 0 Å². The van der Waals surface area contributed by atoms with Gasteiger partial charge in [0.05, 0.1) is 6.04 Å². The lowest BCUT2D eigenvalue weighted by atomic mass is 9.97. The summed E-state index contributed by atoms with van der Waals surface area (Å²) in [7, 11) is 0.